The van der Waals surface area contributed by atoms with Crippen LogP contribution in [0.15, 0.2) is 0 Å². The molecule has 1 amide bonds. The predicted molar refractivity (Wildman–Crippen MR) is 47.0 cm³/mol. The van der Waals surface area contributed by atoms with E-state index in [4.69, 9.17) is 15.6 Å². The van der Waals surface area contributed by atoms with Crippen LogP contribution < -0.4 is 11.1 Å². The Balaban J connectivity index is 2.18. The minimum atomic E-state index is -0.649. The van der Waals surface area contributed by atoms with E-state index in [1.165, 1.54) is 0 Å². The maximum Gasteiger partial charge on any atom is 0.236 e. The molecule has 1 fully saturated rings. The molecule has 0 aromatic rings. The highest BCUT2D eigenvalue weighted by molar-refractivity contribution is 5.79. The molecule has 2 atom stereocenters. The predicted octanol–water partition coefficient (Wildman–Crippen LogP) is -1.40. The molecule has 0 aliphatic carbocycles. The van der Waals surface area contributed by atoms with Crippen molar-refractivity contribution < 1.29 is 14.6 Å². The van der Waals surface area contributed by atoms with E-state index in [1.54, 1.807) is 0 Å². The highest BCUT2D eigenvalue weighted by Gasteiger charge is 2.19. The lowest BCUT2D eigenvalue weighted by atomic mass is 10.2. The lowest BCUT2D eigenvalue weighted by Crippen LogP contribution is -2.46. The first-order valence-corrected chi connectivity index (χ1v) is 4.49. The molecule has 4 N–H and O–H groups in total. The summed E-state index contributed by atoms with van der Waals surface area (Å²) in [5.41, 5.74) is 5.03. The number of amides is 1. The van der Waals surface area contributed by atoms with Crippen LogP contribution in [0.1, 0.15) is 12.8 Å². The molecule has 13 heavy (non-hydrogen) atoms. The van der Waals surface area contributed by atoms with Crippen LogP contribution in [0, 0.1) is 0 Å². The molecule has 0 saturated carbocycles. The van der Waals surface area contributed by atoms with E-state index >= 15 is 0 Å². The Morgan fingerprint density at radius 3 is 3.00 bits per heavy atom. The lowest BCUT2D eigenvalue weighted by molar-refractivity contribution is -0.121. The van der Waals surface area contributed by atoms with Crippen molar-refractivity contribution in [3.05, 3.63) is 0 Å². The second-order valence-electron chi connectivity index (χ2n) is 3.18. The summed E-state index contributed by atoms with van der Waals surface area (Å²) in [6.07, 6.45) is 2.23. The zero-order valence-electron chi connectivity index (χ0n) is 7.53. The van der Waals surface area contributed by atoms with Gasteiger partial charge < -0.3 is 20.9 Å². The highest BCUT2D eigenvalue weighted by Crippen LogP contribution is 2.10. The van der Waals surface area contributed by atoms with Crippen LogP contribution in [0.2, 0.25) is 0 Å². The van der Waals surface area contributed by atoms with E-state index in [1.807, 2.05) is 0 Å². The Hall–Kier alpha value is -0.650. The SMILES string of the molecule is NC(=O)C(CO)NCC1CCCO1. The van der Waals surface area contributed by atoms with Crippen LogP contribution >= 0.6 is 0 Å². The van der Waals surface area contributed by atoms with Gasteiger partial charge >= 0.3 is 0 Å². The van der Waals surface area contributed by atoms with Gasteiger partial charge in [0.05, 0.1) is 12.7 Å². The van der Waals surface area contributed by atoms with Crippen LogP contribution in [0.25, 0.3) is 0 Å². The topological polar surface area (TPSA) is 84.6 Å². The molecule has 0 aromatic heterocycles. The maximum absolute atomic E-state index is 10.7. The van der Waals surface area contributed by atoms with Crippen molar-refractivity contribution in [1.29, 1.82) is 0 Å². The molecule has 1 rings (SSSR count). The molecule has 1 heterocycles. The Morgan fingerprint density at radius 2 is 2.54 bits per heavy atom. The Morgan fingerprint density at radius 1 is 1.77 bits per heavy atom. The number of rotatable bonds is 5. The summed E-state index contributed by atoms with van der Waals surface area (Å²) in [5.74, 6) is -0.527. The fourth-order valence-corrected chi connectivity index (χ4v) is 1.33. The standard InChI is InChI=1S/C8H16N2O3/c9-8(12)7(5-11)10-4-6-2-1-3-13-6/h6-7,10-11H,1-5H2,(H2,9,12). The number of hydrogen-bond acceptors (Lipinski definition) is 4. The molecule has 0 radical (unpaired) electrons. The lowest BCUT2D eigenvalue weighted by Gasteiger charge is -2.15. The highest BCUT2D eigenvalue weighted by atomic mass is 16.5. The Kier molecular flexibility index (Phi) is 4.14. The van der Waals surface area contributed by atoms with Crippen LogP contribution in [0.3, 0.4) is 0 Å². The molecule has 1 saturated heterocycles. The van der Waals surface area contributed by atoms with Crippen molar-refractivity contribution in [3.63, 3.8) is 0 Å². The fourth-order valence-electron chi connectivity index (χ4n) is 1.33. The van der Waals surface area contributed by atoms with E-state index < -0.39 is 11.9 Å². The van der Waals surface area contributed by atoms with Crippen molar-refractivity contribution >= 4 is 5.91 Å². The van der Waals surface area contributed by atoms with Crippen LogP contribution in [-0.2, 0) is 9.53 Å². The Bertz CT molecular complexity index is 169. The van der Waals surface area contributed by atoms with Crippen LogP contribution in [0.5, 0.6) is 0 Å². The van der Waals surface area contributed by atoms with Crippen molar-refractivity contribution in [2.24, 2.45) is 5.73 Å². The number of aliphatic hydroxyl groups is 1. The van der Waals surface area contributed by atoms with E-state index in [9.17, 15) is 4.79 Å². The van der Waals surface area contributed by atoms with Gasteiger partial charge in [-0.1, -0.05) is 0 Å². The summed E-state index contributed by atoms with van der Waals surface area (Å²) in [7, 11) is 0. The minimum Gasteiger partial charge on any atom is -0.394 e. The molecule has 2 unspecified atom stereocenters. The molecule has 0 bridgehead atoms. The van der Waals surface area contributed by atoms with Crippen LogP contribution in [-0.4, -0.2) is 42.9 Å². The number of hydrogen-bond donors (Lipinski definition) is 3. The van der Waals surface area contributed by atoms with E-state index in [-0.39, 0.29) is 12.7 Å². The summed E-state index contributed by atoms with van der Waals surface area (Å²) in [4.78, 5) is 10.7. The summed E-state index contributed by atoms with van der Waals surface area (Å²) in [5, 5.41) is 11.6. The second-order valence-corrected chi connectivity index (χ2v) is 3.18. The first-order chi connectivity index (χ1) is 6.24. The summed E-state index contributed by atoms with van der Waals surface area (Å²) in [6, 6.07) is -0.649. The largest absolute Gasteiger partial charge is 0.394 e. The average molecular weight is 188 g/mol. The fraction of sp³-hybridized carbons (Fsp3) is 0.875. The molecule has 76 valence electrons. The second kappa shape index (κ2) is 5.16. The van der Waals surface area contributed by atoms with Crippen molar-refractivity contribution in [3.8, 4) is 0 Å². The molecular formula is C8H16N2O3. The third-order valence-corrected chi connectivity index (χ3v) is 2.14. The van der Waals surface area contributed by atoms with Gasteiger partial charge in [-0.15, -0.1) is 0 Å². The molecule has 1 aliphatic rings. The first-order valence-electron chi connectivity index (χ1n) is 4.49. The first kappa shape index (κ1) is 10.4. The number of carbonyl (C=O) groups is 1. The van der Waals surface area contributed by atoms with Gasteiger partial charge in [0.15, 0.2) is 0 Å². The smallest absolute Gasteiger partial charge is 0.236 e. The third-order valence-electron chi connectivity index (χ3n) is 2.14. The van der Waals surface area contributed by atoms with Crippen molar-refractivity contribution in [2.45, 2.75) is 25.0 Å². The van der Waals surface area contributed by atoms with Gasteiger partial charge in [0.1, 0.15) is 6.04 Å². The number of nitrogens with one attached hydrogen (secondary N) is 1. The molecular weight excluding hydrogens is 172 g/mol. The quantitative estimate of drug-likeness (QED) is 0.495. The van der Waals surface area contributed by atoms with E-state index in [2.05, 4.69) is 5.32 Å². The maximum atomic E-state index is 10.7. The monoisotopic (exact) mass is 188 g/mol. The van der Waals surface area contributed by atoms with Gasteiger partial charge in [0, 0.05) is 13.2 Å². The zero-order valence-corrected chi connectivity index (χ0v) is 7.53. The molecule has 0 aromatic carbocycles. The van der Waals surface area contributed by atoms with E-state index in [0.29, 0.717) is 6.54 Å². The molecule has 5 heteroatoms. The Labute approximate surface area is 77.2 Å². The number of nitrogens with two attached hydrogens (primary N) is 1. The van der Waals surface area contributed by atoms with Gasteiger partial charge in [0.2, 0.25) is 5.91 Å². The summed E-state index contributed by atoms with van der Waals surface area (Å²) >= 11 is 0. The van der Waals surface area contributed by atoms with Gasteiger partial charge in [0.25, 0.3) is 0 Å². The van der Waals surface area contributed by atoms with Gasteiger partial charge in [-0.25, -0.2) is 0 Å². The van der Waals surface area contributed by atoms with E-state index in [0.717, 1.165) is 19.4 Å². The molecule has 1 aliphatic heterocycles. The van der Waals surface area contributed by atoms with Gasteiger partial charge in [-0.3, -0.25) is 4.79 Å². The summed E-state index contributed by atoms with van der Waals surface area (Å²) in [6.45, 7) is 1.10. The van der Waals surface area contributed by atoms with Crippen LogP contribution in [0.4, 0.5) is 0 Å². The third kappa shape index (κ3) is 3.30. The molecule has 5 nitrogen and oxygen atoms in total. The number of ether oxygens (including phenoxy) is 1. The zero-order chi connectivity index (χ0) is 9.68. The molecule has 0 spiro atoms. The normalized spacial score (nSPS) is 24.5. The van der Waals surface area contributed by atoms with Gasteiger partial charge in [-0.05, 0) is 12.8 Å². The number of aliphatic hydroxyl groups excluding tert-OH is 1. The average Bonchev–Trinajstić information content (AvgIpc) is 2.57. The number of primary amides is 1. The van der Waals surface area contributed by atoms with Gasteiger partial charge in [-0.2, -0.15) is 0 Å². The minimum absolute atomic E-state index is 0.161. The number of carbonyl (C=O) groups excluding carboxylic acids is 1. The van der Waals surface area contributed by atoms with Crippen molar-refractivity contribution in [1.82, 2.24) is 5.32 Å². The summed E-state index contributed by atoms with van der Waals surface area (Å²) < 4.78 is 5.33. The van der Waals surface area contributed by atoms with Crippen molar-refractivity contribution in [2.75, 3.05) is 19.8 Å².